The molecule has 1 fully saturated rings. The van der Waals surface area contributed by atoms with Crippen molar-refractivity contribution in [2.24, 2.45) is 4.99 Å². The zero-order valence-corrected chi connectivity index (χ0v) is 13.9. The summed E-state index contributed by atoms with van der Waals surface area (Å²) in [6.45, 7) is 7.44. The zero-order valence-electron chi connectivity index (χ0n) is 13.9. The third kappa shape index (κ3) is 3.88. The van der Waals surface area contributed by atoms with Gasteiger partial charge in [0, 0.05) is 25.3 Å². The Kier molecular flexibility index (Phi) is 4.91. The van der Waals surface area contributed by atoms with Crippen LogP contribution < -0.4 is 20.1 Å². The van der Waals surface area contributed by atoms with Gasteiger partial charge in [-0.2, -0.15) is 0 Å². The highest BCUT2D eigenvalue weighted by Gasteiger charge is 2.29. The normalized spacial score (nSPS) is 23.1. The van der Waals surface area contributed by atoms with Gasteiger partial charge in [0.1, 0.15) is 0 Å². The van der Waals surface area contributed by atoms with Crippen LogP contribution in [0.4, 0.5) is 0 Å². The summed E-state index contributed by atoms with van der Waals surface area (Å²) >= 11 is 0. The molecular formula is C17H25N3O3. The van der Waals surface area contributed by atoms with Crippen molar-refractivity contribution in [1.82, 2.24) is 10.6 Å². The molecule has 1 atom stereocenters. The minimum Gasteiger partial charge on any atom is -0.454 e. The van der Waals surface area contributed by atoms with E-state index >= 15 is 0 Å². The summed E-state index contributed by atoms with van der Waals surface area (Å²) in [4.78, 5) is 4.66. The lowest BCUT2D eigenvalue weighted by Crippen LogP contribution is -2.45. The Morgan fingerprint density at radius 1 is 1.30 bits per heavy atom. The molecule has 6 heteroatoms. The van der Waals surface area contributed by atoms with Crippen LogP contribution in [0, 0.1) is 0 Å². The molecule has 1 aromatic rings. The van der Waals surface area contributed by atoms with Gasteiger partial charge in [0.2, 0.25) is 6.79 Å². The molecule has 0 spiro atoms. The number of rotatable bonds is 5. The number of benzene rings is 1. The molecule has 0 saturated carbocycles. The molecule has 0 aromatic heterocycles. The van der Waals surface area contributed by atoms with Gasteiger partial charge in [-0.1, -0.05) is 12.1 Å². The van der Waals surface area contributed by atoms with Crippen LogP contribution in [-0.2, 0) is 11.3 Å². The van der Waals surface area contributed by atoms with Crippen molar-refractivity contribution in [2.45, 2.75) is 38.8 Å². The second kappa shape index (κ2) is 7.08. The number of fused-ring (bicyclic) bond motifs is 1. The Labute approximate surface area is 137 Å². The van der Waals surface area contributed by atoms with Gasteiger partial charge in [-0.15, -0.1) is 0 Å². The van der Waals surface area contributed by atoms with E-state index in [0.717, 1.165) is 55.6 Å². The second-order valence-electron chi connectivity index (χ2n) is 6.10. The van der Waals surface area contributed by atoms with E-state index in [-0.39, 0.29) is 12.4 Å². The average Bonchev–Trinajstić information content (AvgIpc) is 3.19. The molecular weight excluding hydrogens is 294 g/mol. The molecule has 2 heterocycles. The van der Waals surface area contributed by atoms with Crippen molar-refractivity contribution < 1.29 is 14.2 Å². The van der Waals surface area contributed by atoms with Crippen molar-refractivity contribution in [3.63, 3.8) is 0 Å². The third-order valence-electron chi connectivity index (χ3n) is 4.16. The first-order chi connectivity index (χ1) is 11.2. The molecule has 0 radical (unpaired) electrons. The fraction of sp³-hybridized carbons (Fsp3) is 0.588. The Morgan fingerprint density at radius 2 is 2.22 bits per heavy atom. The molecule has 126 valence electrons. The topological polar surface area (TPSA) is 64.1 Å². The maximum absolute atomic E-state index is 5.81. The van der Waals surface area contributed by atoms with Crippen LogP contribution in [-0.4, -0.2) is 38.0 Å². The first-order valence-electron chi connectivity index (χ1n) is 8.24. The molecule has 23 heavy (non-hydrogen) atoms. The number of para-hydroxylation sites is 1. The highest BCUT2D eigenvalue weighted by Crippen LogP contribution is 2.35. The monoisotopic (exact) mass is 319 g/mol. The van der Waals surface area contributed by atoms with E-state index in [4.69, 9.17) is 14.2 Å². The van der Waals surface area contributed by atoms with Gasteiger partial charge in [-0.3, -0.25) is 0 Å². The summed E-state index contributed by atoms with van der Waals surface area (Å²) < 4.78 is 16.7. The summed E-state index contributed by atoms with van der Waals surface area (Å²) in [5.41, 5.74) is 0.932. The average molecular weight is 319 g/mol. The molecule has 2 N–H and O–H groups in total. The first-order valence-corrected chi connectivity index (χ1v) is 8.24. The molecule has 0 amide bonds. The number of guanidine groups is 1. The summed E-state index contributed by atoms with van der Waals surface area (Å²) in [6, 6.07) is 5.89. The molecule has 1 aromatic carbocycles. The van der Waals surface area contributed by atoms with Gasteiger partial charge in [0.05, 0.1) is 12.1 Å². The van der Waals surface area contributed by atoms with Gasteiger partial charge >= 0.3 is 0 Å². The maximum Gasteiger partial charge on any atom is 0.231 e. The first kappa shape index (κ1) is 15.9. The molecule has 1 unspecified atom stereocenters. The Morgan fingerprint density at radius 3 is 3.00 bits per heavy atom. The number of nitrogens with zero attached hydrogens (tertiary/aromatic N) is 1. The summed E-state index contributed by atoms with van der Waals surface area (Å²) in [5.74, 6) is 2.39. The molecule has 0 bridgehead atoms. The fourth-order valence-corrected chi connectivity index (χ4v) is 2.87. The predicted molar refractivity (Wildman–Crippen MR) is 89.0 cm³/mol. The molecule has 2 aliphatic rings. The number of hydrogen-bond acceptors (Lipinski definition) is 4. The number of nitrogens with one attached hydrogen (secondary N) is 2. The van der Waals surface area contributed by atoms with Gasteiger partial charge in [-0.05, 0) is 32.8 Å². The molecule has 2 aliphatic heterocycles. The van der Waals surface area contributed by atoms with E-state index < -0.39 is 0 Å². The lowest BCUT2D eigenvalue weighted by molar-refractivity contribution is 0.0243. The van der Waals surface area contributed by atoms with Crippen LogP contribution in [0.5, 0.6) is 11.5 Å². The molecule has 6 nitrogen and oxygen atoms in total. The summed E-state index contributed by atoms with van der Waals surface area (Å²) in [7, 11) is 0. The van der Waals surface area contributed by atoms with Crippen LogP contribution in [0.25, 0.3) is 0 Å². The van der Waals surface area contributed by atoms with Crippen LogP contribution >= 0.6 is 0 Å². The van der Waals surface area contributed by atoms with Crippen LogP contribution in [0.15, 0.2) is 23.2 Å². The second-order valence-corrected chi connectivity index (χ2v) is 6.10. The van der Waals surface area contributed by atoms with Crippen LogP contribution in [0.3, 0.4) is 0 Å². The van der Waals surface area contributed by atoms with Crippen molar-refractivity contribution in [3.8, 4) is 11.5 Å². The van der Waals surface area contributed by atoms with E-state index in [2.05, 4.69) is 29.5 Å². The summed E-state index contributed by atoms with van der Waals surface area (Å²) in [6.07, 6.45) is 2.20. The van der Waals surface area contributed by atoms with E-state index in [9.17, 15) is 0 Å². The number of aliphatic imine (C=N–C) groups is 1. The van der Waals surface area contributed by atoms with Crippen molar-refractivity contribution >= 4 is 5.96 Å². The Bertz CT molecular complexity index is 568. The van der Waals surface area contributed by atoms with Crippen molar-refractivity contribution in [1.29, 1.82) is 0 Å². The highest BCUT2D eigenvalue weighted by atomic mass is 16.7. The van der Waals surface area contributed by atoms with E-state index in [1.165, 1.54) is 0 Å². The standard InChI is InChI=1S/C17H25N3O3/c1-3-18-16(20-11-17(2)8-5-9-23-17)19-10-13-6-4-7-14-15(13)22-12-21-14/h4,6-7H,3,5,8-12H2,1-2H3,(H2,18,19,20). The van der Waals surface area contributed by atoms with E-state index in [0.29, 0.717) is 6.54 Å². The number of hydrogen-bond donors (Lipinski definition) is 2. The van der Waals surface area contributed by atoms with Gasteiger partial charge < -0.3 is 24.8 Å². The van der Waals surface area contributed by atoms with Gasteiger partial charge in [0.25, 0.3) is 0 Å². The largest absolute Gasteiger partial charge is 0.454 e. The predicted octanol–water partition coefficient (Wildman–Crippen LogP) is 2.04. The van der Waals surface area contributed by atoms with E-state index in [1.807, 2.05) is 18.2 Å². The van der Waals surface area contributed by atoms with E-state index in [1.54, 1.807) is 0 Å². The fourth-order valence-electron chi connectivity index (χ4n) is 2.87. The van der Waals surface area contributed by atoms with Crippen LogP contribution in [0.1, 0.15) is 32.3 Å². The van der Waals surface area contributed by atoms with Crippen molar-refractivity contribution in [2.75, 3.05) is 26.5 Å². The molecule has 1 saturated heterocycles. The Balaban J connectivity index is 1.64. The van der Waals surface area contributed by atoms with Crippen LogP contribution in [0.2, 0.25) is 0 Å². The quantitative estimate of drug-likeness (QED) is 0.642. The Hall–Kier alpha value is -1.95. The van der Waals surface area contributed by atoms with Crippen molar-refractivity contribution in [3.05, 3.63) is 23.8 Å². The highest BCUT2D eigenvalue weighted by molar-refractivity contribution is 5.79. The van der Waals surface area contributed by atoms with Gasteiger partial charge in [-0.25, -0.2) is 4.99 Å². The minimum absolute atomic E-state index is 0.0961. The number of ether oxygens (including phenoxy) is 3. The zero-order chi connectivity index (χ0) is 16.1. The molecule has 3 rings (SSSR count). The lowest BCUT2D eigenvalue weighted by atomic mass is 10.0. The third-order valence-corrected chi connectivity index (χ3v) is 4.16. The smallest absolute Gasteiger partial charge is 0.231 e. The SMILES string of the molecule is CCNC(=NCc1cccc2c1OCO2)NCC1(C)CCCO1. The molecule has 0 aliphatic carbocycles. The summed E-state index contributed by atoms with van der Waals surface area (Å²) in [5, 5.41) is 6.66. The minimum atomic E-state index is -0.0961. The maximum atomic E-state index is 5.81. The lowest BCUT2D eigenvalue weighted by Gasteiger charge is -2.24. The van der Waals surface area contributed by atoms with Gasteiger partial charge in [0.15, 0.2) is 17.5 Å².